The van der Waals surface area contributed by atoms with Crippen LogP contribution in [0.25, 0.3) is 11.0 Å². The van der Waals surface area contributed by atoms with E-state index in [0.717, 1.165) is 0 Å². The largest absolute Gasteiger partial charge is 0.410 e. The molecule has 2 aromatic rings. The molecule has 0 spiro atoms. The van der Waals surface area contributed by atoms with E-state index >= 15 is 0 Å². The van der Waals surface area contributed by atoms with E-state index in [4.69, 9.17) is 0 Å². The SMILES string of the molecule is NC(=O)Oc1cc2c(nc(F)n2F)c(F)c1F. The van der Waals surface area contributed by atoms with Gasteiger partial charge in [0.1, 0.15) is 11.0 Å². The average Bonchev–Trinajstić information content (AvgIpc) is 2.52. The van der Waals surface area contributed by atoms with Crippen LogP contribution in [-0.2, 0) is 0 Å². The summed E-state index contributed by atoms with van der Waals surface area (Å²) in [6, 6.07) is 0.564. The number of nitrogens with two attached hydrogens (primary N) is 1. The molecule has 0 radical (unpaired) electrons. The summed E-state index contributed by atoms with van der Waals surface area (Å²) in [4.78, 5) is 12.6. The molecule has 2 rings (SSSR count). The maximum atomic E-state index is 13.3. The number of carbonyl (C=O) groups is 1. The third-order valence-corrected chi connectivity index (χ3v) is 1.92. The fourth-order valence-electron chi connectivity index (χ4n) is 1.25. The molecule has 9 heteroatoms. The Morgan fingerprint density at radius 1 is 1.35 bits per heavy atom. The number of carbonyl (C=O) groups excluding carboxylic acids is 1. The number of primary amides is 1. The van der Waals surface area contributed by atoms with E-state index in [1.54, 1.807) is 0 Å². The Bertz CT molecular complexity index is 625. The predicted molar refractivity (Wildman–Crippen MR) is 46.3 cm³/mol. The summed E-state index contributed by atoms with van der Waals surface area (Å²) < 4.78 is 56.3. The number of aromatic nitrogens is 2. The van der Waals surface area contributed by atoms with Gasteiger partial charge in [-0.15, -0.1) is 4.79 Å². The Labute approximate surface area is 90.3 Å². The summed E-state index contributed by atoms with van der Waals surface area (Å²) >= 11 is 0. The number of imidazole rings is 1. The standard InChI is InChI=1S/C8H3F4N3O2/c9-4-3(17-8(13)16)1-2-6(5(4)10)14-7(11)15(2)12/h1H,(H2,13,16). The second kappa shape index (κ2) is 3.61. The van der Waals surface area contributed by atoms with Crippen LogP contribution < -0.4 is 10.5 Å². The van der Waals surface area contributed by atoms with Gasteiger partial charge < -0.3 is 10.5 Å². The van der Waals surface area contributed by atoms with E-state index < -0.39 is 45.4 Å². The van der Waals surface area contributed by atoms with E-state index in [2.05, 4.69) is 15.5 Å². The van der Waals surface area contributed by atoms with Crippen LogP contribution in [0.4, 0.5) is 22.4 Å². The molecule has 1 heterocycles. The molecular weight excluding hydrogens is 246 g/mol. The van der Waals surface area contributed by atoms with Crippen molar-refractivity contribution in [3.63, 3.8) is 0 Å². The number of halogens is 4. The van der Waals surface area contributed by atoms with Crippen molar-refractivity contribution in [3.8, 4) is 5.75 Å². The van der Waals surface area contributed by atoms with Crippen LogP contribution in [0.15, 0.2) is 6.07 Å². The number of rotatable bonds is 1. The van der Waals surface area contributed by atoms with Crippen molar-refractivity contribution in [3.05, 3.63) is 23.8 Å². The van der Waals surface area contributed by atoms with Crippen molar-refractivity contribution in [1.29, 1.82) is 0 Å². The van der Waals surface area contributed by atoms with Gasteiger partial charge in [0.2, 0.25) is 5.82 Å². The molecule has 90 valence electrons. The molecule has 0 aliphatic rings. The van der Waals surface area contributed by atoms with Gasteiger partial charge in [-0.3, -0.25) is 0 Å². The van der Waals surface area contributed by atoms with Crippen molar-refractivity contribution in [1.82, 2.24) is 9.77 Å². The Morgan fingerprint density at radius 3 is 2.59 bits per heavy atom. The first kappa shape index (κ1) is 11.2. The summed E-state index contributed by atoms with van der Waals surface area (Å²) in [5.41, 5.74) is 3.00. The number of hydrogen-bond acceptors (Lipinski definition) is 3. The number of amides is 1. The second-order valence-corrected chi connectivity index (χ2v) is 2.95. The lowest BCUT2D eigenvalue weighted by atomic mass is 10.2. The van der Waals surface area contributed by atoms with Crippen molar-refractivity contribution in [2.45, 2.75) is 0 Å². The van der Waals surface area contributed by atoms with Crippen molar-refractivity contribution in [2.75, 3.05) is 0 Å². The van der Waals surface area contributed by atoms with Crippen LogP contribution in [0.1, 0.15) is 0 Å². The van der Waals surface area contributed by atoms with Gasteiger partial charge in [0.25, 0.3) is 0 Å². The van der Waals surface area contributed by atoms with Crippen molar-refractivity contribution in [2.24, 2.45) is 5.73 Å². The summed E-state index contributed by atoms with van der Waals surface area (Å²) in [5, 5.41) is 0. The Balaban J connectivity index is 2.75. The molecule has 0 aliphatic heterocycles. The Hall–Kier alpha value is -2.32. The number of benzene rings is 1. The third-order valence-electron chi connectivity index (χ3n) is 1.92. The molecule has 1 amide bonds. The highest BCUT2D eigenvalue weighted by Crippen LogP contribution is 2.28. The van der Waals surface area contributed by atoms with Gasteiger partial charge in [0.15, 0.2) is 11.6 Å². The van der Waals surface area contributed by atoms with Crippen LogP contribution in [0.3, 0.4) is 0 Å². The van der Waals surface area contributed by atoms with Crippen LogP contribution >= 0.6 is 0 Å². The first-order chi connectivity index (χ1) is 7.91. The highest BCUT2D eigenvalue weighted by Gasteiger charge is 2.22. The van der Waals surface area contributed by atoms with Crippen molar-refractivity contribution < 1.29 is 27.2 Å². The monoisotopic (exact) mass is 249 g/mol. The molecule has 1 aromatic carbocycles. The van der Waals surface area contributed by atoms with E-state index in [1.165, 1.54) is 0 Å². The zero-order valence-electron chi connectivity index (χ0n) is 7.88. The number of fused-ring (bicyclic) bond motifs is 1. The van der Waals surface area contributed by atoms with E-state index in [0.29, 0.717) is 6.07 Å². The summed E-state index contributed by atoms with van der Waals surface area (Å²) in [5.74, 6) is -4.22. The normalized spacial score (nSPS) is 10.8. The lowest BCUT2D eigenvalue weighted by Gasteiger charge is -2.03. The topological polar surface area (TPSA) is 70.1 Å². The molecule has 0 fully saturated rings. The lowest BCUT2D eigenvalue weighted by molar-refractivity contribution is 0.208. The maximum Gasteiger partial charge on any atom is 0.410 e. The van der Waals surface area contributed by atoms with Gasteiger partial charge in [-0.2, -0.15) is 13.8 Å². The van der Waals surface area contributed by atoms with Gasteiger partial charge >= 0.3 is 12.2 Å². The van der Waals surface area contributed by atoms with Crippen molar-refractivity contribution >= 4 is 17.1 Å². The molecular formula is C8H3F4N3O2. The first-order valence-electron chi connectivity index (χ1n) is 4.11. The Morgan fingerprint density at radius 2 is 2.00 bits per heavy atom. The fraction of sp³-hybridized carbons (Fsp3) is 0. The molecule has 0 atom stereocenters. The summed E-state index contributed by atoms with van der Waals surface area (Å²) in [6.07, 6.45) is -3.08. The number of hydrogen-bond donors (Lipinski definition) is 1. The number of ether oxygens (including phenoxy) is 1. The minimum Gasteiger partial charge on any atom is -0.407 e. The fourth-order valence-corrected chi connectivity index (χ4v) is 1.25. The number of nitrogens with zero attached hydrogens (tertiary/aromatic N) is 2. The molecule has 17 heavy (non-hydrogen) atoms. The van der Waals surface area contributed by atoms with Crippen LogP contribution in [-0.4, -0.2) is 15.9 Å². The zero-order chi connectivity index (χ0) is 12.7. The summed E-state index contributed by atoms with van der Waals surface area (Å²) in [7, 11) is 0. The maximum absolute atomic E-state index is 13.3. The third kappa shape index (κ3) is 1.65. The molecule has 0 saturated heterocycles. The van der Waals surface area contributed by atoms with Gasteiger partial charge in [-0.05, 0) is 0 Å². The van der Waals surface area contributed by atoms with Crippen LogP contribution in [0, 0.1) is 17.7 Å². The molecule has 0 unspecified atom stereocenters. The molecule has 0 aliphatic carbocycles. The Kier molecular flexibility index (Phi) is 2.37. The van der Waals surface area contributed by atoms with Crippen LogP contribution in [0.5, 0.6) is 5.75 Å². The molecule has 5 nitrogen and oxygen atoms in total. The lowest BCUT2D eigenvalue weighted by Crippen LogP contribution is -2.17. The molecule has 2 N–H and O–H groups in total. The van der Waals surface area contributed by atoms with Gasteiger partial charge in [-0.25, -0.2) is 9.18 Å². The zero-order valence-corrected chi connectivity index (χ0v) is 7.88. The van der Waals surface area contributed by atoms with E-state index in [-0.39, 0.29) is 0 Å². The highest BCUT2D eigenvalue weighted by atomic mass is 19.2. The summed E-state index contributed by atoms with van der Waals surface area (Å²) in [6.45, 7) is 0. The minimum atomic E-state index is -1.66. The molecule has 0 bridgehead atoms. The highest BCUT2D eigenvalue weighted by molar-refractivity contribution is 5.79. The van der Waals surface area contributed by atoms with Gasteiger partial charge in [0, 0.05) is 6.07 Å². The van der Waals surface area contributed by atoms with Gasteiger partial charge in [0.05, 0.1) is 0 Å². The quantitative estimate of drug-likeness (QED) is 0.781. The molecule has 0 saturated carbocycles. The molecule has 1 aromatic heterocycles. The second-order valence-electron chi connectivity index (χ2n) is 2.95. The first-order valence-corrected chi connectivity index (χ1v) is 4.11. The van der Waals surface area contributed by atoms with Crippen LogP contribution in [0.2, 0.25) is 0 Å². The smallest absolute Gasteiger partial charge is 0.407 e. The van der Waals surface area contributed by atoms with E-state index in [1.807, 2.05) is 0 Å². The van der Waals surface area contributed by atoms with E-state index in [9.17, 15) is 22.4 Å². The predicted octanol–water partition coefficient (Wildman–Crippen LogP) is 1.64. The van der Waals surface area contributed by atoms with Gasteiger partial charge in [-0.1, -0.05) is 4.48 Å². The minimum absolute atomic E-state index is 0.564. The average molecular weight is 249 g/mol.